The minimum Gasteiger partial charge on any atom is -0.311 e. The van der Waals surface area contributed by atoms with Gasteiger partial charge in [-0.3, -0.25) is 0 Å². The lowest BCUT2D eigenvalue weighted by molar-refractivity contribution is 0.396. The summed E-state index contributed by atoms with van der Waals surface area (Å²) in [5, 5.41) is 4.94. The van der Waals surface area contributed by atoms with Crippen LogP contribution in [0.15, 0.2) is 16.3 Å². The molecule has 1 atom stereocenters. The van der Waals surface area contributed by atoms with Crippen molar-refractivity contribution >= 4 is 21.4 Å². The maximum atomic E-state index is 11.8. The Labute approximate surface area is 87.6 Å². The van der Waals surface area contributed by atoms with Crippen molar-refractivity contribution in [3.05, 3.63) is 16.3 Å². The lowest BCUT2D eigenvalue weighted by Crippen LogP contribution is -2.39. The number of sulfonamides is 1. The maximum Gasteiger partial charge on any atom is 0.244 e. The van der Waals surface area contributed by atoms with Crippen molar-refractivity contribution in [1.82, 2.24) is 9.62 Å². The predicted octanol–water partition coefficient (Wildman–Crippen LogP) is 0.643. The van der Waals surface area contributed by atoms with E-state index in [1.54, 1.807) is 13.1 Å². The van der Waals surface area contributed by atoms with E-state index in [2.05, 4.69) is 5.32 Å². The second kappa shape index (κ2) is 3.30. The monoisotopic (exact) mass is 232 g/mol. The molecule has 0 spiro atoms. The number of nitrogens with zero attached hydrogens (tertiary/aromatic N) is 1. The zero-order chi connectivity index (χ0) is 10.3. The van der Waals surface area contributed by atoms with Gasteiger partial charge in [-0.2, -0.15) is 4.31 Å². The van der Waals surface area contributed by atoms with Crippen LogP contribution < -0.4 is 5.32 Å². The van der Waals surface area contributed by atoms with E-state index < -0.39 is 10.0 Å². The highest BCUT2D eigenvalue weighted by Crippen LogP contribution is 2.34. The molecule has 0 fully saturated rings. The van der Waals surface area contributed by atoms with E-state index in [-0.39, 0.29) is 6.04 Å². The molecule has 2 heterocycles. The minimum atomic E-state index is -3.22. The number of hydrogen-bond donors (Lipinski definition) is 1. The molecule has 0 amide bonds. The summed E-state index contributed by atoms with van der Waals surface area (Å²) in [6.07, 6.45) is 0. The van der Waals surface area contributed by atoms with Crippen LogP contribution in [0.1, 0.15) is 10.9 Å². The van der Waals surface area contributed by atoms with Crippen LogP contribution in [0.4, 0.5) is 0 Å². The molecule has 0 radical (unpaired) electrons. The van der Waals surface area contributed by atoms with E-state index in [1.165, 1.54) is 15.6 Å². The highest BCUT2D eigenvalue weighted by atomic mass is 32.2. The van der Waals surface area contributed by atoms with E-state index in [9.17, 15) is 8.42 Å². The summed E-state index contributed by atoms with van der Waals surface area (Å²) in [4.78, 5) is 1.38. The normalized spacial score (nSPS) is 26.0. The van der Waals surface area contributed by atoms with Crippen LogP contribution >= 0.6 is 11.3 Å². The molecule has 4 nitrogen and oxygen atoms in total. The first-order chi connectivity index (χ1) is 6.57. The van der Waals surface area contributed by atoms with Gasteiger partial charge in [-0.05, 0) is 18.5 Å². The van der Waals surface area contributed by atoms with Gasteiger partial charge in [0.15, 0.2) is 0 Å². The van der Waals surface area contributed by atoms with Crippen molar-refractivity contribution in [3.63, 3.8) is 0 Å². The summed E-state index contributed by atoms with van der Waals surface area (Å²) in [6, 6.07) is 1.80. The molecular formula is C8H12N2O2S2. The van der Waals surface area contributed by atoms with Gasteiger partial charge in [0.05, 0.1) is 10.9 Å². The van der Waals surface area contributed by atoms with Gasteiger partial charge in [0.1, 0.15) is 0 Å². The Morgan fingerprint density at radius 2 is 2.36 bits per heavy atom. The van der Waals surface area contributed by atoms with Crippen LogP contribution in [-0.4, -0.2) is 33.4 Å². The van der Waals surface area contributed by atoms with Crippen molar-refractivity contribution in [2.45, 2.75) is 10.9 Å². The van der Waals surface area contributed by atoms with Crippen molar-refractivity contribution in [2.24, 2.45) is 0 Å². The summed E-state index contributed by atoms with van der Waals surface area (Å²) < 4.78 is 25.1. The second-order valence-corrected chi connectivity index (χ2v) is 6.24. The number of rotatable bonds is 1. The quantitative estimate of drug-likeness (QED) is 0.773. The first-order valence-electron chi connectivity index (χ1n) is 4.28. The van der Waals surface area contributed by atoms with Crippen LogP contribution in [0.25, 0.3) is 0 Å². The van der Waals surface area contributed by atoms with Crippen molar-refractivity contribution in [2.75, 3.05) is 20.6 Å². The summed E-state index contributed by atoms with van der Waals surface area (Å²) >= 11 is 1.49. The number of hydrogen-bond acceptors (Lipinski definition) is 4. The van der Waals surface area contributed by atoms with Gasteiger partial charge in [-0.1, -0.05) is 0 Å². The summed E-state index contributed by atoms with van der Waals surface area (Å²) in [6.45, 7) is 0.506. The molecule has 2 rings (SSSR count). The lowest BCUT2D eigenvalue weighted by Gasteiger charge is -2.28. The second-order valence-electron chi connectivity index (χ2n) is 3.28. The molecule has 0 aliphatic carbocycles. The lowest BCUT2D eigenvalue weighted by atomic mass is 10.2. The van der Waals surface area contributed by atoms with Crippen molar-refractivity contribution in [3.8, 4) is 0 Å². The molecule has 1 aromatic heterocycles. The van der Waals surface area contributed by atoms with Gasteiger partial charge < -0.3 is 5.32 Å². The molecule has 0 saturated carbocycles. The van der Waals surface area contributed by atoms with E-state index in [4.69, 9.17) is 0 Å². The SMILES string of the molecule is CN[C@H]1CN(C)S(=O)(=O)c2ccsc21. The molecule has 1 N–H and O–H groups in total. The Kier molecular flexibility index (Phi) is 2.38. The van der Waals surface area contributed by atoms with Gasteiger partial charge in [0.2, 0.25) is 10.0 Å². The fourth-order valence-electron chi connectivity index (χ4n) is 1.60. The van der Waals surface area contributed by atoms with E-state index in [0.29, 0.717) is 11.4 Å². The molecule has 1 aliphatic heterocycles. The highest BCUT2D eigenvalue weighted by molar-refractivity contribution is 7.89. The van der Waals surface area contributed by atoms with Gasteiger partial charge in [0, 0.05) is 18.5 Å². The molecule has 78 valence electrons. The molecule has 0 saturated heterocycles. The first-order valence-corrected chi connectivity index (χ1v) is 6.60. The molecule has 6 heteroatoms. The van der Waals surface area contributed by atoms with Crippen molar-refractivity contribution in [1.29, 1.82) is 0 Å². The van der Waals surface area contributed by atoms with Crippen LogP contribution in [0.5, 0.6) is 0 Å². The zero-order valence-electron chi connectivity index (χ0n) is 8.02. The highest BCUT2D eigenvalue weighted by Gasteiger charge is 2.34. The van der Waals surface area contributed by atoms with Crippen molar-refractivity contribution < 1.29 is 8.42 Å². The van der Waals surface area contributed by atoms with E-state index in [1.807, 2.05) is 12.4 Å². The smallest absolute Gasteiger partial charge is 0.244 e. The minimum absolute atomic E-state index is 0.124. The summed E-state index contributed by atoms with van der Waals surface area (Å²) in [5.41, 5.74) is 0. The third kappa shape index (κ3) is 1.30. The third-order valence-electron chi connectivity index (χ3n) is 2.45. The predicted molar refractivity (Wildman–Crippen MR) is 55.9 cm³/mol. The molecular weight excluding hydrogens is 220 g/mol. The Balaban J connectivity index is 2.59. The topological polar surface area (TPSA) is 49.4 Å². The molecule has 0 unspecified atom stereocenters. The molecule has 0 aromatic carbocycles. The molecule has 14 heavy (non-hydrogen) atoms. The van der Waals surface area contributed by atoms with Gasteiger partial charge >= 0.3 is 0 Å². The number of likely N-dealkylation sites (N-methyl/N-ethyl adjacent to an activating group) is 2. The number of fused-ring (bicyclic) bond motifs is 1. The summed E-state index contributed by atoms with van der Waals surface area (Å²) in [7, 11) is 0.242. The van der Waals surface area contributed by atoms with E-state index >= 15 is 0 Å². The van der Waals surface area contributed by atoms with Crippen LogP contribution in [0.3, 0.4) is 0 Å². The van der Waals surface area contributed by atoms with Crippen LogP contribution in [0.2, 0.25) is 0 Å². The third-order valence-corrected chi connectivity index (χ3v) is 5.49. The number of nitrogens with one attached hydrogen (secondary N) is 1. The molecule has 0 bridgehead atoms. The largest absolute Gasteiger partial charge is 0.311 e. The fraction of sp³-hybridized carbons (Fsp3) is 0.500. The van der Waals surface area contributed by atoms with Gasteiger partial charge in [-0.25, -0.2) is 8.42 Å². The van der Waals surface area contributed by atoms with Crippen LogP contribution in [-0.2, 0) is 10.0 Å². The van der Waals surface area contributed by atoms with Gasteiger partial charge in [0.25, 0.3) is 0 Å². The Morgan fingerprint density at radius 3 is 3.00 bits per heavy atom. The molecule has 1 aromatic rings. The maximum absolute atomic E-state index is 11.8. The zero-order valence-corrected chi connectivity index (χ0v) is 9.65. The van der Waals surface area contributed by atoms with Crippen LogP contribution in [0, 0.1) is 0 Å². The Morgan fingerprint density at radius 1 is 1.64 bits per heavy atom. The fourth-order valence-corrected chi connectivity index (χ4v) is 4.36. The number of thiophene rings is 1. The standard InChI is InChI=1S/C8H12N2O2S2/c1-9-6-5-10(2)14(11,12)7-3-4-13-8(6)7/h3-4,6,9H,5H2,1-2H3/t6-/m0/s1. The average Bonchev–Trinajstić information content (AvgIpc) is 2.61. The van der Waals surface area contributed by atoms with Gasteiger partial charge in [-0.15, -0.1) is 11.3 Å². The Bertz CT molecular complexity index is 438. The first kappa shape index (κ1) is 10.1. The molecule has 1 aliphatic rings. The summed E-state index contributed by atoms with van der Waals surface area (Å²) in [5.74, 6) is 0. The van der Waals surface area contributed by atoms with E-state index in [0.717, 1.165) is 4.88 Å². The average molecular weight is 232 g/mol. The Hall–Kier alpha value is -0.430.